The van der Waals surface area contributed by atoms with Crippen molar-refractivity contribution >= 4 is 50.7 Å². The maximum absolute atomic E-state index is 14.1. The van der Waals surface area contributed by atoms with Crippen LogP contribution < -0.4 is 14.4 Å². The van der Waals surface area contributed by atoms with Gasteiger partial charge in [-0.1, -0.05) is 66.9 Å². The molecule has 0 spiro atoms. The topological polar surface area (TPSA) is 96.0 Å². The summed E-state index contributed by atoms with van der Waals surface area (Å²) in [5.74, 6) is -0.474. The van der Waals surface area contributed by atoms with Crippen LogP contribution in [0.3, 0.4) is 0 Å². The Bertz CT molecular complexity index is 1530. The van der Waals surface area contributed by atoms with E-state index in [9.17, 15) is 18.0 Å². The van der Waals surface area contributed by atoms with Gasteiger partial charge >= 0.3 is 0 Å². The molecule has 11 heteroatoms. The molecule has 0 heterocycles. The number of carbonyl (C=O) groups is 2. The standard InChI is InChI=1S/C31H37Cl2N3O5S/c1-20(2)17-34-31(38)23(5)35(18-24-10-13-26(32)27(33)16-24)30(37)19-36(28-15-22(4)9-14-29(28)41-6)42(39,40)25-11-7-21(3)8-12-25/h7-16,20,23H,17-19H2,1-6H3,(H,34,38)/t23-/m1/s1. The fraction of sp³-hybridized carbons (Fsp3) is 0.355. The number of hydrogen-bond acceptors (Lipinski definition) is 5. The van der Waals surface area contributed by atoms with Crippen molar-refractivity contribution in [1.29, 1.82) is 0 Å². The van der Waals surface area contributed by atoms with Gasteiger partial charge in [0, 0.05) is 13.1 Å². The Labute approximate surface area is 258 Å². The van der Waals surface area contributed by atoms with Gasteiger partial charge in [0.15, 0.2) is 0 Å². The molecule has 0 fully saturated rings. The van der Waals surface area contributed by atoms with E-state index < -0.39 is 28.5 Å². The number of amides is 2. The van der Waals surface area contributed by atoms with Crippen LogP contribution in [0.2, 0.25) is 10.0 Å². The first-order valence-corrected chi connectivity index (χ1v) is 15.7. The second-order valence-electron chi connectivity index (χ2n) is 10.6. The molecular formula is C31H37Cl2N3O5S. The molecule has 0 saturated heterocycles. The lowest BCUT2D eigenvalue weighted by atomic mass is 10.1. The summed E-state index contributed by atoms with van der Waals surface area (Å²) >= 11 is 12.3. The number of sulfonamides is 1. The van der Waals surface area contributed by atoms with Crippen LogP contribution in [0, 0.1) is 19.8 Å². The van der Waals surface area contributed by atoms with Crippen molar-refractivity contribution in [3.63, 3.8) is 0 Å². The smallest absolute Gasteiger partial charge is 0.264 e. The number of halogens is 2. The molecular weight excluding hydrogens is 597 g/mol. The summed E-state index contributed by atoms with van der Waals surface area (Å²) in [6, 6.07) is 15.5. The van der Waals surface area contributed by atoms with Crippen LogP contribution in [0.5, 0.6) is 5.75 Å². The molecule has 3 aromatic rings. The fourth-order valence-corrected chi connectivity index (χ4v) is 5.95. The van der Waals surface area contributed by atoms with Crippen LogP contribution in [-0.4, -0.2) is 51.4 Å². The molecule has 0 aliphatic carbocycles. The van der Waals surface area contributed by atoms with E-state index >= 15 is 0 Å². The third-order valence-electron chi connectivity index (χ3n) is 6.68. The lowest BCUT2D eigenvalue weighted by molar-refractivity contribution is -0.139. The van der Waals surface area contributed by atoms with E-state index in [2.05, 4.69) is 5.32 Å². The van der Waals surface area contributed by atoms with E-state index in [1.54, 1.807) is 55.5 Å². The first-order valence-electron chi connectivity index (χ1n) is 13.5. The Balaban J connectivity index is 2.10. The predicted octanol–water partition coefficient (Wildman–Crippen LogP) is 6.00. The minimum absolute atomic E-state index is 0.00460. The molecule has 1 atom stereocenters. The number of carbonyl (C=O) groups excluding carboxylic acids is 2. The number of aryl methyl sites for hydroxylation is 2. The largest absolute Gasteiger partial charge is 0.495 e. The van der Waals surface area contributed by atoms with E-state index in [-0.39, 0.29) is 34.7 Å². The van der Waals surface area contributed by atoms with Crippen LogP contribution in [0.1, 0.15) is 37.5 Å². The zero-order valence-corrected chi connectivity index (χ0v) is 27.0. The molecule has 1 N–H and O–H groups in total. The summed E-state index contributed by atoms with van der Waals surface area (Å²) in [4.78, 5) is 28.6. The minimum atomic E-state index is -4.23. The van der Waals surface area contributed by atoms with Crippen LogP contribution in [0.25, 0.3) is 0 Å². The SMILES string of the molecule is COc1ccc(C)cc1N(CC(=O)N(Cc1ccc(Cl)c(Cl)c1)[C@H](C)C(=O)NCC(C)C)S(=O)(=O)c1ccc(C)cc1. The number of ether oxygens (including phenoxy) is 1. The molecule has 2 amide bonds. The predicted molar refractivity (Wildman–Crippen MR) is 168 cm³/mol. The van der Waals surface area contributed by atoms with Gasteiger partial charge in [-0.2, -0.15) is 0 Å². The number of nitrogens with one attached hydrogen (secondary N) is 1. The molecule has 0 saturated carbocycles. The van der Waals surface area contributed by atoms with Gasteiger partial charge in [0.25, 0.3) is 10.0 Å². The Morgan fingerprint density at radius 1 is 0.905 bits per heavy atom. The van der Waals surface area contributed by atoms with Gasteiger partial charge in [-0.3, -0.25) is 13.9 Å². The highest BCUT2D eigenvalue weighted by atomic mass is 35.5. The highest BCUT2D eigenvalue weighted by molar-refractivity contribution is 7.92. The fourth-order valence-electron chi connectivity index (χ4n) is 4.22. The van der Waals surface area contributed by atoms with Crippen molar-refractivity contribution in [2.45, 2.75) is 52.1 Å². The lowest BCUT2D eigenvalue weighted by Gasteiger charge is -2.32. The molecule has 8 nitrogen and oxygen atoms in total. The van der Waals surface area contributed by atoms with Gasteiger partial charge in [-0.25, -0.2) is 8.42 Å². The number of anilines is 1. The third kappa shape index (κ3) is 8.18. The van der Waals surface area contributed by atoms with E-state index in [1.807, 2.05) is 27.7 Å². The monoisotopic (exact) mass is 633 g/mol. The average molecular weight is 635 g/mol. The molecule has 0 unspecified atom stereocenters. The van der Waals surface area contributed by atoms with E-state index in [4.69, 9.17) is 27.9 Å². The molecule has 0 aromatic heterocycles. The first kappa shape index (κ1) is 33.2. The van der Waals surface area contributed by atoms with Gasteiger partial charge in [-0.15, -0.1) is 0 Å². The highest BCUT2D eigenvalue weighted by Crippen LogP contribution is 2.34. The van der Waals surface area contributed by atoms with Gasteiger partial charge in [0.05, 0.1) is 27.7 Å². The van der Waals surface area contributed by atoms with Crippen LogP contribution >= 0.6 is 23.2 Å². The first-order chi connectivity index (χ1) is 19.7. The molecule has 0 aliphatic rings. The molecule has 0 radical (unpaired) electrons. The minimum Gasteiger partial charge on any atom is -0.495 e. The Morgan fingerprint density at radius 3 is 2.14 bits per heavy atom. The number of rotatable bonds is 12. The Morgan fingerprint density at radius 2 is 1.55 bits per heavy atom. The average Bonchev–Trinajstić information content (AvgIpc) is 2.94. The lowest BCUT2D eigenvalue weighted by Crippen LogP contribution is -2.51. The van der Waals surface area contributed by atoms with Gasteiger partial charge in [0.2, 0.25) is 11.8 Å². The summed E-state index contributed by atoms with van der Waals surface area (Å²) in [6.07, 6.45) is 0. The second kappa shape index (κ2) is 14.3. The van der Waals surface area contributed by atoms with Crippen molar-refractivity contribution in [3.05, 3.63) is 87.4 Å². The normalized spacial score (nSPS) is 12.1. The van der Waals surface area contributed by atoms with Crippen molar-refractivity contribution < 1.29 is 22.7 Å². The van der Waals surface area contributed by atoms with Crippen LogP contribution in [-0.2, 0) is 26.2 Å². The van der Waals surface area contributed by atoms with Gasteiger partial charge in [0.1, 0.15) is 18.3 Å². The summed E-state index contributed by atoms with van der Waals surface area (Å²) in [7, 11) is -2.80. The molecule has 0 aliphatic heterocycles. The summed E-state index contributed by atoms with van der Waals surface area (Å²) in [5, 5.41) is 3.51. The number of benzene rings is 3. The molecule has 3 aromatic carbocycles. The molecule has 0 bridgehead atoms. The van der Waals surface area contributed by atoms with Crippen molar-refractivity contribution in [2.75, 3.05) is 24.5 Å². The van der Waals surface area contributed by atoms with E-state index in [0.717, 1.165) is 15.4 Å². The maximum atomic E-state index is 14.1. The van der Waals surface area contributed by atoms with Crippen LogP contribution in [0.15, 0.2) is 65.6 Å². The van der Waals surface area contributed by atoms with E-state index in [0.29, 0.717) is 22.2 Å². The number of hydrogen-bond donors (Lipinski definition) is 1. The Hall–Kier alpha value is -3.27. The van der Waals surface area contributed by atoms with Crippen LogP contribution in [0.4, 0.5) is 5.69 Å². The van der Waals surface area contributed by atoms with Crippen molar-refractivity contribution in [3.8, 4) is 5.75 Å². The maximum Gasteiger partial charge on any atom is 0.264 e. The van der Waals surface area contributed by atoms with Gasteiger partial charge in [-0.05, 0) is 74.2 Å². The molecule has 226 valence electrons. The van der Waals surface area contributed by atoms with Gasteiger partial charge < -0.3 is 15.0 Å². The summed E-state index contributed by atoms with van der Waals surface area (Å²) in [5.41, 5.74) is 2.50. The number of methoxy groups -OCH3 is 1. The second-order valence-corrected chi connectivity index (χ2v) is 13.3. The van der Waals surface area contributed by atoms with E-state index in [1.165, 1.54) is 24.1 Å². The molecule has 3 rings (SSSR count). The molecule has 42 heavy (non-hydrogen) atoms. The zero-order chi connectivity index (χ0) is 31.2. The quantitative estimate of drug-likeness (QED) is 0.264. The highest BCUT2D eigenvalue weighted by Gasteiger charge is 2.34. The number of nitrogens with zero attached hydrogens (tertiary/aromatic N) is 2. The third-order valence-corrected chi connectivity index (χ3v) is 9.19. The zero-order valence-electron chi connectivity index (χ0n) is 24.6. The summed E-state index contributed by atoms with van der Waals surface area (Å²) in [6.45, 7) is 9.05. The van der Waals surface area contributed by atoms with Crippen molar-refractivity contribution in [2.24, 2.45) is 5.92 Å². The van der Waals surface area contributed by atoms with Crippen molar-refractivity contribution in [1.82, 2.24) is 10.2 Å². The summed E-state index contributed by atoms with van der Waals surface area (Å²) < 4.78 is 34.7. The Kier molecular flexibility index (Phi) is 11.3.